The summed E-state index contributed by atoms with van der Waals surface area (Å²) in [7, 11) is 0. The van der Waals surface area contributed by atoms with Gasteiger partial charge in [-0.1, -0.05) is 12.1 Å². The van der Waals surface area contributed by atoms with E-state index in [1.807, 2.05) is 0 Å². The van der Waals surface area contributed by atoms with Gasteiger partial charge in [-0.05, 0) is 36.8 Å². The standard InChI is InChI=1S/C14H13FN2O2/c1-2-19-14(18)13-11(6-7-12(16)17-13)9-4-3-5-10(15)8-9/h3-8H,2H2,1H3,(H2,16,17). The summed E-state index contributed by atoms with van der Waals surface area (Å²) in [6.45, 7) is 1.93. The molecule has 1 heterocycles. The van der Waals surface area contributed by atoms with Crippen LogP contribution in [-0.4, -0.2) is 17.6 Å². The number of hydrogen-bond donors (Lipinski definition) is 1. The third kappa shape index (κ3) is 2.88. The summed E-state index contributed by atoms with van der Waals surface area (Å²) in [5.74, 6) is -0.749. The summed E-state index contributed by atoms with van der Waals surface area (Å²) >= 11 is 0. The van der Waals surface area contributed by atoms with Crippen molar-refractivity contribution in [3.05, 3.63) is 47.9 Å². The molecule has 2 aromatic rings. The number of aromatic nitrogens is 1. The fraction of sp³-hybridized carbons (Fsp3) is 0.143. The summed E-state index contributed by atoms with van der Waals surface area (Å²) in [5, 5.41) is 0. The van der Waals surface area contributed by atoms with Crippen molar-refractivity contribution in [1.29, 1.82) is 0 Å². The largest absolute Gasteiger partial charge is 0.461 e. The van der Waals surface area contributed by atoms with Crippen LogP contribution in [0.2, 0.25) is 0 Å². The smallest absolute Gasteiger partial charge is 0.357 e. The number of anilines is 1. The lowest BCUT2D eigenvalue weighted by atomic mass is 10.0. The van der Waals surface area contributed by atoms with Gasteiger partial charge < -0.3 is 10.5 Å². The summed E-state index contributed by atoms with van der Waals surface area (Å²) in [6, 6.07) is 9.11. The number of halogens is 1. The summed E-state index contributed by atoms with van der Waals surface area (Å²) in [6.07, 6.45) is 0. The van der Waals surface area contributed by atoms with Crippen LogP contribution in [-0.2, 0) is 4.74 Å². The van der Waals surface area contributed by atoms with Gasteiger partial charge in [-0.15, -0.1) is 0 Å². The zero-order chi connectivity index (χ0) is 13.8. The van der Waals surface area contributed by atoms with Gasteiger partial charge in [0.1, 0.15) is 11.6 Å². The first kappa shape index (κ1) is 13.0. The molecular weight excluding hydrogens is 247 g/mol. The Labute approximate surface area is 110 Å². The Balaban J connectivity index is 2.53. The first-order chi connectivity index (χ1) is 9.11. The quantitative estimate of drug-likeness (QED) is 0.861. The Morgan fingerprint density at radius 2 is 2.16 bits per heavy atom. The predicted molar refractivity (Wildman–Crippen MR) is 70.0 cm³/mol. The molecule has 2 rings (SSSR count). The van der Waals surface area contributed by atoms with Gasteiger partial charge in [0.2, 0.25) is 0 Å². The van der Waals surface area contributed by atoms with E-state index in [9.17, 15) is 9.18 Å². The molecule has 0 radical (unpaired) electrons. The SMILES string of the molecule is CCOC(=O)c1nc(N)ccc1-c1cccc(F)c1. The average molecular weight is 260 g/mol. The first-order valence-corrected chi connectivity index (χ1v) is 5.81. The molecule has 0 spiro atoms. The lowest BCUT2D eigenvalue weighted by Gasteiger charge is -2.09. The summed E-state index contributed by atoms with van der Waals surface area (Å²) in [5.41, 5.74) is 6.71. The molecule has 0 aliphatic heterocycles. The van der Waals surface area contributed by atoms with Crippen LogP contribution < -0.4 is 5.73 Å². The van der Waals surface area contributed by atoms with Gasteiger partial charge in [-0.2, -0.15) is 0 Å². The Kier molecular flexibility index (Phi) is 3.75. The number of carbonyl (C=O) groups excluding carboxylic acids is 1. The van der Waals surface area contributed by atoms with Crippen molar-refractivity contribution in [3.8, 4) is 11.1 Å². The van der Waals surface area contributed by atoms with E-state index < -0.39 is 5.97 Å². The molecule has 1 aromatic carbocycles. The normalized spacial score (nSPS) is 10.2. The van der Waals surface area contributed by atoms with E-state index >= 15 is 0 Å². The van der Waals surface area contributed by atoms with Gasteiger partial charge in [-0.25, -0.2) is 14.2 Å². The number of nitrogens with zero attached hydrogens (tertiary/aromatic N) is 1. The second-order valence-electron chi connectivity index (χ2n) is 3.86. The highest BCUT2D eigenvalue weighted by atomic mass is 19.1. The maximum Gasteiger partial charge on any atom is 0.357 e. The van der Waals surface area contributed by atoms with Crippen LogP contribution in [0.5, 0.6) is 0 Å². The molecule has 2 N–H and O–H groups in total. The van der Waals surface area contributed by atoms with E-state index in [1.165, 1.54) is 12.1 Å². The molecule has 4 nitrogen and oxygen atoms in total. The Morgan fingerprint density at radius 3 is 2.84 bits per heavy atom. The van der Waals surface area contributed by atoms with Crippen molar-refractivity contribution < 1.29 is 13.9 Å². The zero-order valence-corrected chi connectivity index (χ0v) is 10.4. The van der Waals surface area contributed by atoms with E-state index in [-0.39, 0.29) is 23.9 Å². The van der Waals surface area contributed by atoms with Crippen molar-refractivity contribution in [3.63, 3.8) is 0 Å². The number of hydrogen-bond acceptors (Lipinski definition) is 4. The number of nitrogen functional groups attached to an aromatic ring is 1. The Hall–Kier alpha value is -2.43. The van der Waals surface area contributed by atoms with E-state index in [0.29, 0.717) is 11.1 Å². The van der Waals surface area contributed by atoms with Crippen LogP contribution in [0.25, 0.3) is 11.1 Å². The topological polar surface area (TPSA) is 65.2 Å². The molecule has 5 heteroatoms. The second kappa shape index (κ2) is 5.48. The van der Waals surface area contributed by atoms with Gasteiger partial charge in [-0.3, -0.25) is 0 Å². The predicted octanol–water partition coefficient (Wildman–Crippen LogP) is 2.65. The van der Waals surface area contributed by atoms with Crippen molar-refractivity contribution in [2.45, 2.75) is 6.92 Å². The van der Waals surface area contributed by atoms with Crippen LogP contribution in [0.1, 0.15) is 17.4 Å². The molecule has 0 unspecified atom stereocenters. The third-order valence-electron chi connectivity index (χ3n) is 2.52. The fourth-order valence-corrected chi connectivity index (χ4v) is 1.72. The highest BCUT2D eigenvalue weighted by Gasteiger charge is 2.16. The van der Waals surface area contributed by atoms with E-state index in [2.05, 4.69) is 4.98 Å². The van der Waals surface area contributed by atoms with E-state index in [0.717, 1.165) is 0 Å². The highest BCUT2D eigenvalue weighted by Crippen LogP contribution is 2.24. The van der Waals surface area contributed by atoms with Crippen LogP contribution in [0.3, 0.4) is 0 Å². The van der Waals surface area contributed by atoms with Gasteiger partial charge in [0.25, 0.3) is 0 Å². The van der Waals surface area contributed by atoms with Gasteiger partial charge in [0, 0.05) is 5.56 Å². The molecule has 0 atom stereocenters. The van der Waals surface area contributed by atoms with E-state index in [4.69, 9.17) is 10.5 Å². The molecule has 0 saturated carbocycles. The minimum Gasteiger partial charge on any atom is -0.461 e. The molecule has 0 fully saturated rings. The molecule has 19 heavy (non-hydrogen) atoms. The molecule has 0 aliphatic carbocycles. The molecule has 98 valence electrons. The molecule has 1 aromatic heterocycles. The maximum absolute atomic E-state index is 13.3. The van der Waals surface area contributed by atoms with Gasteiger partial charge in [0.15, 0.2) is 5.69 Å². The van der Waals surface area contributed by atoms with Gasteiger partial charge >= 0.3 is 5.97 Å². The minimum absolute atomic E-state index is 0.0902. The molecule has 0 saturated heterocycles. The van der Waals surface area contributed by atoms with Crippen molar-refractivity contribution in [1.82, 2.24) is 4.98 Å². The number of rotatable bonds is 3. The van der Waals surface area contributed by atoms with Crippen LogP contribution in [0.15, 0.2) is 36.4 Å². The summed E-state index contributed by atoms with van der Waals surface area (Å²) < 4.78 is 18.2. The number of esters is 1. The molecule has 0 aliphatic rings. The molecule has 0 amide bonds. The van der Waals surface area contributed by atoms with Crippen LogP contribution in [0.4, 0.5) is 10.2 Å². The zero-order valence-electron chi connectivity index (χ0n) is 10.4. The van der Waals surface area contributed by atoms with Crippen LogP contribution >= 0.6 is 0 Å². The first-order valence-electron chi connectivity index (χ1n) is 5.81. The number of carbonyl (C=O) groups is 1. The summed E-state index contributed by atoms with van der Waals surface area (Å²) in [4.78, 5) is 15.8. The number of pyridine rings is 1. The lowest BCUT2D eigenvalue weighted by molar-refractivity contribution is 0.0520. The second-order valence-corrected chi connectivity index (χ2v) is 3.86. The number of ether oxygens (including phenoxy) is 1. The average Bonchev–Trinajstić information content (AvgIpc) is 2.39. The van der Waals surface area contributed by atoms with Crippen molar-refractivity contribution in [2.24, 2.45) is 0 Å². The number of nitrogens with two attached hydrogens (primary N) is 1. The fourth-order valence-electron chi connectivity index (χ4n) is 1.72. The minimum atomic E-state index is -0.575. The maximum atomic E-state index is 13.3. The Bertz CT molecular complexity index is 614. The Morgan fingerprint density at radius 1 is 1.37 bits per heavy atom. The molecular formula is C14H13FN2O2. The van der Waals surface area contributed by atoms with E-state index in [1.54, 1.807) is 31.2 Å². The lowest BCUT2D eigenvalue weighted by Crippen LogP contribution is -2.10. The third-order valence-corrected chi connectivity index (χ3v) is 2.52. The highest BCUT2D eigenvalue weighted by molar-refractivity contribution is 5.95. The molecule has 0 bridgehead atoms. The van der Waals surface area contributed by atoms with Crippen molar-refractivity contribution in [2.75, 3.05) is 12.3 Å². The van der Waals surface area contributed by atoms with Gasteiger partial charge in [0.05, 0.1) is 6.61 Å². The monoisotopic (exact) mass is 260 g/mol. The van der Waals surface area contributed by atoms with Crippen molar-refractivity contribution >= 4 is 11.8 Å². The number of benzene rings is 1. The van der Waals surface area contributed by atoms with Crippen LogP contribution in [0, 0.1) is 5.82 Å².